The van der Waals surface area contributed by atoms with Gasteiger partial charge in [0, 0.05) is 6.07 Å². The number of esters is 1. The summed E-state index contributed by atoms with van der Waals surface area (Å²) in [7, 11) is 0. The molecule has 92 valence electrons. The zero-order chi connectivity index (χ0) is 12.4. The Morgan fingerprint density at radius 2 is 2.24 bits per heavy atom. The van der Waals surface area contributed by atoms with E-state index in [9.17, 15) is 17.8 Å². The quantitative estimate of drug-likeness (QED) is 0.585. The minimum Gasteiger partial charge on any atom is -0.421 e. The van der Waals surface area contributed by atoms with Gasteiger partial charge in [-0.15, -0.1) is 0 Å². The van der Waals surface area contributed by atoms with Crippen molar-refractivity contribution in [3.05, 3.63) is 29.8 Å². The molecule has 0 radical (unpaired) electrons. The van der Waals surface area contributed by atoms with Crippen LogP contribution < -0.4 is 4.74 Å². The Morgan fingerprint density at radius 3 is 2.82 bits per heavy atom. The van der Waals surface area contributed by atoms with Gasteiger partial charge in [0.25, 0.3) is 0 Å². The number of ether oxygens (including phenoxy) is 1. The molecule has 1 saturated heterocycles. The lowest BCUT2D eigenvalue weighted by atomic mass is 10.3. The van der Waals surface area contributed by atoms with Crippen LogP contribution in [0.4, 0.5) is 8.78 Å². The summed E-state index contributed by atoms with van der Waals surface area (Å²) in [4.78, 5) is 11.4. The van der Waals surface area contributed by atoms with E-state index >= 15 is 0 Å². The standard InChI is InChI=1S/C9H6F2O5S/c10-5-1-2-7(6(11)3-5)15-9(12)8-4-14-17(13)16-8/h1-3,8H,4H2. The van der Waals surface area contributed by atoms with Crippen LogP contribution in [-0.2, 0) is 24.5 Å². The third kappa shape index (κ3) is 2.84. The van der Waals surface area contributed by atoms with Crippen molar-refractivity contribution >= 4 is 17.3 Å². The number of carbonyl (C=O) groups is 1. The fourth-order valence-electron chi connectivity index (χ4n) is 1.11. The van der Waals surface area contributed by atoms with Crippen LogP contribution in [0.25, 0.3) is 0 Å². The van der Waals surface area contributed by atoms with Gasteiger partial charge in [-0.2, -0.15) is 4.21 Å². The van der Waals surface area contributed by atoms with Crippen molar-refractivity contribution in [3.63, 3.8) is 0 Å². The summed E-state index contributed by atoms with van der Waals surface area (Å²) in [5.74, 6) is -3.19. The summed E-state index contributed by atoms with van der Waals surface area (Å²) in [5, 5.41) is 0. The molecule has 1 aliphatic rings. The number of benzene rings is 1. The largest absolute Gasteiger partial charge is 0.421 e. The Bertz CT molecular complexity index is 478. The van der Waals surface area contributed by atoms with E-state index < -0.39 is 40.8 Å². The van der Waals surface area contributed by atoms with Crippen molar-refractivity contribution in [1.82, 2.24) is 0 Å². The van der Waals surface area contributed by atoms with Crippen LogP contribution in [0.3, 0.4) is 0 Å². The molecule has 0 aromatic heterocycles. The lowest BCUT2D eigenvalue weighted by Crippen LogP contribution is -2.27. The van der Waals surface area contributed by atoms with E-state index in [1.165, 1.54) is 0 Å². The number of carbonyl (C=O) groups excluding carboxylic acids is 1. The molecule has 8 heteroatoms. The van der Waals surface area contributed by atoms with E-state index in [1.807, 2.05) is 0 Å². The highest BCUT2D eigenvalue weighted by Gasteiger charge is 2.32. The predicted molar refractivity (Wildman–Crippen MR) is 51.0 cm³/mol. The first-order chi connectivity index (χ1) is 8.06. The minimum absolute atomic E-state index is 0.242. The zero-order valence-electron chi connectivity index (χ0n) is 8.22. The van der Waals surface area contributed by atoms with E-state index in [1.54, 1.807) is 0 Å². The highest BCUT2D eigenvalue weighted by molar-refractivity contribution is 7.75. The molecule has 2 rings (SSSR count). The Balaban J connectivity index is 2.05. The van der Waals surface area contributed by atoms with Crippen molar-refractivity contribution < 1.29 is 30.9 Å². The van der Waals surface area contributed by atoms with Crippen LogP contribution in [0.1, 0.15) is 0 Å². The number of hydrogen-bond donors (Lipinski definition) is 0. The smallest absolute Gasteiger partial charge is 0.344 e. The van der Waals surface area contributed by atoms with Gasteiger partial charge < -0.3 is 4.74 Å². The third-order valence-electron chi connectivity index (χ3n) is 1.88. The Kier molecular flexibility index (Phi) is 3.46. The molecule has 1 aromatic rings. The van der Waals surface area contributed by atoms with Gasteiger partial charge in [-0.05, 0) is 12.1 Å². The zero-order valence-corrected chi connectivity index (χ0v) is 9.04. The first-order valence-corrected chi connectivity index (χ1v) is 5.45. The van der Waals surface area contributed by atoms with Crippen LogP contribution in [0, 0.1) is 11.6 Å². The molecule has 0 amide bonds. The van der Waals surface area contributed by atoms with Gasteiger partial charge in [0.15, 0.2) is 17.7 Å². The van der Waals surface area contributed by atoms with Crippen molar-refractivity contribution in [2.75, 3.05) is 6.61 Å². The fraction of sp³-hybridized carbons (Fsp3) is 0.222. The maximum atomic E-state index is 13.1. The molecule has 2 unspecified atom stereocenters. The average molecular weight is 264 g/mol. The highest BCUT2D eigenvalue weighted by Crippen LogP contribution is 2.19. The van der Waals surface area contributed by atoms with E-state index in [-0.39, 0.29) is 6.61 Å². The third-order valence-corrected chi connectivity index (χ3v) is 2.60. The molecule has 1 aromatic carbocycles. The van der Waals surface area contributed by atoms with Gasteiger partial charge in [-0.25, -0.2) is 13.6 Å². The second kappa shape index (κ2) is 4.86. The van der Waals surface area contributed by atoms with Crippen LogP contribution in [-0.4, -0.2) is 22.9 Å². The van der Waals surface area contributed by atoms with Crippen LogP contribution in [0.5, 0.6) is 5.75 Å². The molecule has 0 aliphatic carbocycles. The Hall–Kier alpha value is -1.38. The molecule has 2 atom stereocenters. The van der Waals surface area contributed by atoms with Gasteiger partial charge in [0.1, 0.15) is 12.4 Å². The van der Waals surface area contributed by atoms with Crippen LogP contribution in [0.2, 0.25) is 0 Å². The molecule has 5 nitrogen and oxygen atoms in total. The average Bonchev–Trinajstić information content (AvgIpc) is 2.69. The lowest BCUT2D eigenvalue weighted by molar-refractivity contribution is -0.141. The molecule has 1 aliphatic heterocycles. The molecule has 0 bridgehead atoms. The molecule has 0 N–H and O–H groups in total. The SMILES string of the molecule is O=C(Oc1ccc(F)cc1F)C1COS(=O)O1. The molecule has 1 fully saturated rings. The molecule has 17 heavy (non-hydrogen) atoms. The van der Waals surface area contributed by atoms with Gasteiger partial charge >= 0.3 is 17.3 Å². The Morgan fingerprint density at radius 1 is 1.47 bits per heavy atom. The highest BCUT2D eigenvalue weighted by atomic mass is 32.2. The van der Waals surface area contributed by atoms with Gasteiger partial charge in [0.2, 0.25) is 0 Å². The van der Waals surface area contributed by atoms with Crippen LogP contribution in [0.15, 0.2) is 18.2 Å². The molecule has 0 saturated carbocycles. The summed E-state index contributed by atoms with van der Waals surface area (Å²) in [6, 6.07) is 2.48. The van der Waals surface area contributed by atoms with Crippen molar-refractivity contribution in [2.24, 2.45) is 0 Å². The van der Waals surface area contributed by atoms with Crippen molar-refractivity contribution in [1.29, 1.82) is 0 Å². The van der Waals surface area contributed by atoms with Crippen molar-refractivity contribution in [2.45, 2.75) is 6.10 Å². The van der Waals surface area contributed by atoms with Crippen molar-refractivity contribution in [3.8, 4) is 5.75 Å². The van der Waals surface area contributed by atoms with E-state index in [0.29, 0.717) is 6.07 Å². The summed E-state index contributed by atoms with van der Waals surface area (Å²) < 4.78 is 50.0. The second-order valence-corrected chi connectivity index (χ2v) is 3.91. The molecule has 0 spiro atoms. The Labute approximate surface area is 97.1 Å². The molecular weight excluding hydrogens is 258 g/mol. The minimum atomic E-state index is -2.00. The van der Waals surface area contributed by atoms with E-state index in [0.717, 1.165) is 12.1 Å². The summed E-state index contributed by atoms with van der Waals surface area (Å²) in [5.41, 5.74) is 0. The summed E-state index contributed by atoms with van der Waals surface area (Å²) in [6.07, 6.45) is -1.18. The first-order valence-electron chi connectivity index (χ1n) is 4.45. The van der Waals surface area contributed by atoms with Gasteiger partial charge in [-0.3, -0.25) is 8.37 Å². The predicted octanol–water partition coefficient (Wildman–Crippen LogP) is 0.864. The number of halogens is 2. The maximum Gasteiger partial charge on any atom is 0.344 e. The van der Waals surface area contributed by atoms with Gasteiger partial charge in [0.05, 0.1) is 0 Å². The molecular formula is C9H6F2O5S. The first kappa shape index (κ1) is 12.1. The number of hydrogen-bond acceptors (Lipinski definition) is 5. The van der Waals surface area contributed by atoms with Crippen LogP contribution >= 0.6 is 0 Å². The van der Waals surface area contributed by atoms with E-state index in [2.05, 4.69) is 13.1 Å². The lowest BCUT2D eigenvalue weighted by Gasteiger charge is -2.07. The second-order valence-electron chi connectivity index (χ2n) is 3.07. The van der Waals surface area contributed by atoms with E-state index in [4.69, 9.17) is 0 Å². The normalized spacial score (nSPS) is 23.6. The topological polar surface area (TPSA) is 61.8 Å². The number of rotatable bonds is 2. The van der Waals surface area contributed by atoms with Gasteiger partial charge in [-0.1, -0.05) is 0 Å². The fourth-order valence-corrected chi connectivity index (χ4v) is 1.72. The maximum absolute atomic E-state index is 13.1. The summed E-state index contributed by atoms with van der Waals surface area (Å²) in [6.45, 7) is -0.242. The monoisotopic (exact) mass is 264 g/mol. The molecule has 1 heterocycles. The summed E-state index contributed by atoms with van der Waals surface area (Å²) >= 11 is -2.00.